The molecule has 0 bridgehead atoms. The number of anilines is 1. The van der Waals surface area contributed by atoms with Gasteiger partial charge in [0.2, 0.25) is 23.6 Å². The van der Waals surface area contributed by atoms with Gasteiger partial charge in [0.25, 0.3) is 0 Å². The smallest absolute Gasteiger partial charge is 0.234 e. The number of carbonyl (C=O) groups is 4. The van der Waals surface area contributed by atoms with Gasteiger partial charge < -0.3 is 14.7 Å². The van der Waals surface area contributed by atoms with Crippen molar-refractivity contribution in [3.05, 3.63) is 24.0 Å². The van der Waals surface area contributed by atoms with E-state index in [-0.39, 0.29) is 29.6 Å². The van der Waals surface area contributed by atoms with Crippen LogP contribution in [0.5, 0.6) is 0 Å². The molecule has 1 aliphatic carbocycles. The zero-order valence-corrected chi connectivity index (χ0v) is 24.8. The average Bonchev–Trinajstić information content (AvgIpc) is 3.57. The van der Waals surface area contributed by atoms with Gasteiger partial charge in [-0.1, -0.05) is 0 Å². The van der Waals surface area contributed by atoms with Crippen molar-refractivity contribution < 1.29 is 19.2 Å². The normalized spacial score (nSPS) is 28.2. The number of aromatic nitrogens is 1. The molecule has 5 fully saturated rings. The lowest BCUT2D eigenvalue weighted by Crippen LogP contribution is -2.52. The Morgan fingerprint density at radius 1 is 0.762 bits per heavy atom. The second kappa shape index (κ2) is 13.1. The van der Waals surface area contributed by atoms with Gasteiger partial charge >= 0.3 is 0 Å². The fourth-order valence-corrected chi connectivity index (χ4v) is 7.75. The average molecular weight is 579 g/mol. The topological polar surface area (TPSA) is 106 Å². The number of nitrogens with one attached hydrogen (secondary N) is 1. The van der Waals surface area contributed by atoms with E-state index in [1.54, 1.807) is 6.20 Å². The number of pyridine rings is 1. The largest absolute Gasteiger partial charge is 0.370 e. The van der Waals surface area contributed by atoms with Crippen LogP contribution in [0.4, 0.5) is 5.69 Å². The zero-order chi connectivity index (χ0) is 29.1. The summed E-state index contributed by atoms with van der Waals surface area (Å²) >= 11 is 0. The van der Waals surface area contributed by atoms with E-state index in [9.17, 15) is 19.2 Å². The molecule has 0 aromatic carbocycles. The maximum atomic E-state index is 13.3. The standard InChI is InChI=1S/C32H46N6O4/c39-29-8-7-28(30(40)34-29)26-19-27(21-33-20-26)36-13-9-23(10-14-36)22-35-15-17-38(18-16-35)32(42)25-5-3-24(4-6-25)31(41)37-11-1-2-12-37/h19-21,23-25,28H,1-18,22H2,(H,34,39,40). The Morgan fingerprint density at radius 2 is 1.38 bits per heavy atom. The third-order valence-electron chi connectivity index (χ3n) is 10.4. The first-order valence-corrected chi connectivity index (χ1v) is 16.3. The van der Waals surface area contributed by atoms with Crippen LogP contribution in [0.15, 0.2) is 18.5 Å². The second-order valence-electron chi connectivity index (χ2n) is 13.1. The van der Waals surface area contributed by atoms with Crippen molar-refractivity contribution in [2.45, 2.75) is 70.1 Å². The summed E-state index contributed by atoms with van der Waals surface area (Å²) < 4.78 is 0. The van der Waals surface area contributed by atoms with Crippen molar-refractivity contribution in [2.24, 2.45) is 17.8 Å². The highest BCUT2D eigenvalue weighted by molar-refractivity contribution is 6.01. The Balaban J connectivity index is 0.911. The summed E-state index contributed by atoms with van der Waals surface area (Å²) in [4.78, 5) is 63.3. The molecule has 4 saturated heterocycles. The van der Waals surface area contributed by atoms with E-state index in [0.29, 0.717) is 30.6 Å². The predicted octanol–water partition coefficient (Wildman–Crippen LogP) is 2.39. The minimum absolute atomic E-state index is 0.0893. The third-order valence-corrected chi connectivity index (χ3v) is 10.4. The summed E-state index contributed by atoms with van der Waals surface area (Å²) in [5, 5.41) is 2.45. The maximum Gasteiger partial charge on any atom is 0.234 e. The lowest BCUT2D eigenvalue weighted by Gasteiger charge is -2.40. The molecule has 1 saturated carbocycles. The number of piperidine rings is 2. The number of nitrogens with zero attached hydrogens (tertiary/aromatic N) is 5. The van der Waals surface area contributed by atoms with Gasteiger partial charge in [0.15, 0.2) is 0 Å². The monoisotopic (exact) mass is 578 g/mol. The van der Waals surface area contributed by atoms with E-state index in [0.717, 1.165) is 122 Å². The Hall–Kier alpha value is -3.01. The zero-order valence-electron chi connectivity index (χ0n) is 24.8. The van der Waals surface area contributed by atoms with Crippen molar-refractivity contribution in [2.75, 3.05) is 63.8 Å². The molecule has 5 heterocycles. The van der Waals surface area contributed by atoms with Gasteiger partial charge in [0.05, 0.1) is 17.8 Å². The Morgan fingerprint density at radius 3 is 2.00 bits per heavy atom. The van der Waals surface area contributed by atoms with Crippen LogP contribution in [0, 0.1) is 17.8 Å². The maximum absolute atomic E-state index is 13.3. The molecule has 4 amide bonds. The molecule has 228 valence electrons. The predicted molar refractivity (Wildman–Crippen MR) is 159 cm³/mol. The number of imide groups is 1. The van der Waals surface area contributed by atoms with Gasteiger partial charge in [-0.15, -0.1) is 0 Å². The highest BCUT2D eigenvalue weighted by Gasteiger charge is 2.36. The van der Waals surface area contributed by atoms with Gasteiger partial charge in [-0.05, 0) is 75.3 Å². The van der Waals surface area contributed by atoms with Gasteiger partial charge in [-0.2, -0.15) is 0 Å². The van der Waals surface area contributed by atoms with E-state index in [4.69, 9.17) is 0 Å². The number of likely N-dealkylation sites (tertiary alicyclic amines) is 1. The SMILES string of the molecule is O=C1CCC(c2cncc(N3CCC(CN4CCN(C(=O)C5CCC(C(=O)N6CCCC6)CC5)CC4)CC3)c2)C(=O)N1. The van der Waals surface area contributed by atoms with Crippen LogP contribution in [0.1, 0.15) is 75.7 Å². The van der Waals surface area contributed by atoms with Crippen LogP contribution in [0.25, 0.3) is 0 Å². The van der Waals surface area contributed by atoms with Crippen LogP contribution in [-0.4, -0.2) is 102 Å². The Bertz CT molecular complexity index is 1150. The molecular weight excluding hydrogens is 532 g/mol. The molecule has 1 atom stereocenters. The number of piperazine rings is 1. The first-order chi connectivity index (χ1) is 20.4. The molecular formula is C32H46N6O4. The molecule has 1 unspecified atom stereocenters. The summed E-state index contributed by atoms with van der Waals surface area (Å²) in [5.74, 6) is 0.767. The highest BCUT2D eigenvalue weighted by Crippen LogP contribution is 2.33. The molecule has 10 nitrogen and oxygen atoms in total. The van der Waals surface area contributed by atoms with Crippen LogP contribution in [-0.2, 0) is 19.2 Å². The molecule has 1 N–H and O–H groups in total. The van der Waals surface area contributed by atoms with E-state index in [2.05, 4.69) is 31.1 Å². The number of amides is 4. The van der Waals surface area contributed by atoms with Crippen LogP contribution >= 0.6 is 0 Å². The molecule has 42 heavy (non-hydrogen) atoms. The Labute approximate surface area is 249 Å². The Kier molecular flexibility index (Phi) is 9.07. The van der Waals surface area contributed by atoms with E-state index >= 15 is 0 Å². The first kappa shape index (κ1) is 29.1. The lowest BCUT2D eigenvalue weighted by atomic mass is 9.80. The molecule has 5 aliphatic rings. The van der Waals surface area contributed by atoms with Crippen molar-refractivity contribution in [3.8, 4) is 0 Å². The summed E-state index contributed by atoms with van der Waals surface area (Å²) in [6.45, 7) is 8.33. The number of hydrogen-bond donors (Lipinski definition) is 1. The molecule has 4 aliphatic heterocycles. The van der Waals surface area contributed by atoms with Gasteiger partial charge in [0, 0.05) is 83.4 Å². The second-order valence-corrected chi connectivity index (χ2v) is 13.1. The van der Waals surface area contributed by atoms with Crippen molar-refractivity contribution in [1.29, 1.82) is 0 Å². The first-order valence-electron chi connectivity index (χ1n) is 16.3. The number of hydrogen-bond acceptors (Lipinski definition) is 7. The van der Waals surface area contributed by atoms with E-state index < -0.39 is 0 Å². The van der Waals surface area contributed by atoms with Crippen LogP contribution in [0.2, 0.25) is 0 Å². The summed E-state index contributed by atoms with van der Waals surface area (Å²) in [7, 11) is 0. The fourth-order valence-electron chi connectivity index (χ4n) is 7.75. The molecule has 6 rings (SSSR count). The number of carbonyl (C=O) groups excluding carboxylic acids is 4. The van der Waals surface area contributed by atoms with Crippen molar-refractivity contribution in [1.82, 2.24) is 25.0 Å². The molecule has 1 aromatic rings. The summed E-state index contributed by atoms with van der Waals surface area (Å²) in [6.07, 6.45) is 12.5. The third kappa shape index (κ3) is 6.63. The quantitative estimate of drug-likeness (QED) is 0.517. The summed E-state index contributed by atoms with van der Waals surface area (Å²) in [6, 6.07) is 2.07. The minimum atomic E-state index is -0.308. The van der Waals surface area contributed by atoms with E-state index in [1.165, 1.54) is 0 Å². The molecule has 1 aromatic heterocycles. The molecule has 0 spiro atoms. The van der Waals surface area contributed by atoms with Crippen LogP contribution in [0.3, 0.4) is 0 Å². The molecule has 0 radical (unpaired) electrons. The molecule has 10 heteroatoms. The fraction of sp³-hybridized carbons (Fsp3) is 0.719. The van der Waals surface area contributed by atoms with Gasteiger partial charge in [0.1, 0.15) is 0 Å². The van der Waals surface area contributed by atoms with Crippen molar-refractivity contribution in [3.63, 3.8) is 0 Å². The number of rotatable bonds is 6. The highest BCUT2D eigenvalue weighted by atomic mass is 16.2. The minimum Gasteiger partial charge on any atom is -0.370 e. The van der Waals surface area contributed by atoms with Gasteiger partial charge in [-0.3, -0.25) is 34.4 Å². The van der Waals surface area contributed by atoms with E-state index in [1.807, 2.05) is 11.1 Å². The van der Waals surface area contributed by atoms with Crippen LogP contribution < -0.4 is 10.2 Å². The van der Waals surface area contributed by atoms with Crippen molar-refractivity contribution >= 4 is 29.3 Å². The lowest BCUT2D eigenvalue weighted by molar-refractivity contribution is -0.142. The van der Waals surface area contributed by atoms with Gasteiger partial charge in [-0.25, -0.2) is 0 Å². The summed E-state index contributed by atoms with van der Waals surface area (Å²) in [5.41, 5.74) is 1.94.